The minimum atomic E-state index is -0.344. The average molecular weight is 268 g/mol. The lowest BCUT2D eigenvalue weighted by molar-refractivity contribution is 0.0966. The van der Waals surface area contributed by atoms with Crippen LogP contribution in [0, 0.1) is 6.92 Å². The normalized spacial score (nSPS) is 10.8. The summed E-state index contributed by atoms with van der Waals surface area (Å²) < 4.78 is 2.51. The fourth-order valence-corrected chi connectivity index (χ4v) is 2.03. The first-order chi connectivity index (χ1) is 9.65. The number of Topliss-reactive ketones (excluding diaryl/α,β-unsaturated/α-hetero) is 1. The second-order valence-corrected chi connectivity index (χ2v) is 4.54. The molecule has 0 aliphatic rings. The topological polar surface area (TPSA) is 69.3 Å². The van der Waals surface area contributed by atoms with Crippen molar-refractivity contribution in [3.8, 4) is 0 Å². The molecule has 2 aromatic heterocycles. The maximum absolute atomic E-state index is 12.2. The minimum absolute atomic E-state index is 0.0794. The van der Waals surface area contributed by atoms with Crippen LogP contribution in [0.4, 0.5) is 0 Å². The zero-order chi connectivity index (χ0) is 14.1. The highest BCUT2D eigenvalue weighted by Gasteiger charge is 2.12. The van der Waals surface area contributed by atoms with Gasteiger partial charge in [0, 0.05) is 18.0 Å². The summed E-state index contributed by atoms with van der Waals surface area (Å²) in [4.78, 5) is 28.1. The van der Waals surface area contributed by atoms with E-state index >= 15 is 0 Å². The van der Waals surface area contributed by atoms with Crippen LogP contribution in [0.5, 0.6) is 0 Å². The molecule has 0 N–H and O–H groups in total. The Labute approximate surface area is 114 Å². The molecule has 2 heterocycles. The second kappa shape index (κ2) is 4.73. The number of carbonyl (C=O) groups is 1. The summed E-state index contributed by atoms with van der Waals surface area (Å²) in [6.07, 6.45) is 4.51. The number of hydrogen-bond donors (Lipinski definition) is 0. The lowest BCUT2D eigenvalue weighted by Gasteiger charge is -2.01. The molecule has 20 heavy (non-hydrogen) atoms. The smallest absolute Gasteiger partial charge is 0.292 e. The SMILES string of the molecule is Cc1cccc(C(=O)Cn2nc3cnccn3c2=O)c1. The Morgan fingerprint density at radius 3 is 2.95 bits per heavy atom. The van der Waals surface area contributed by atoms with Crippen molar-refractivity contribution in [2.75, 3.05) is 0 Å². The first-order valence-corrected chi connectivity index (χ1v) is 6.14. The van der Waals surface area contributed by atoms with Gasteiger partial charge >= 0.3 is 5.69 Å². The van der Waals surface area contributed by atoms with Crippen molar-refractivity contribution in [2.24, 2.45) is 0 Å². The van der Waals surface area contributed by atoms with Crippen LogP contribution in [-0.2, 0) is 6.54 Å². The Balaban J connectivity index is 1.95. The van der Waals surface area contributed by atoms with Gasteiger partial charge in [0.05, 0.1) is 6.20 Å². The zero-order valence-electron chi connectivity index (χ0n) is 10.9. The van der Waals surface area contributed by atoms with Gasteiger partial charge in [0.15, 0.2) is 11.4 Å². The van der Waals surface area contributed by atoms with Crippen LogP contribution in [0.3, 0.4) is 0 Å². The average Bonchev–Trinajstić information content (AvgIpc) is 2.76. The van der Waals surface area contributed by atoms with E-state index in [0.717, 1.165) is 10.2 Å². The molecular formula is C14H12N4O2. The summed E-state index contributed by atoms with van der Waals surface area (Å²) in [6, 6.07) is 7.26. The maximum atomic E-state index is 12.2. The van der Waals surface area contributed by atoms with E-state index in [1.807, 2.05) is 19.1 Å². The standard InChI is InChI=1S/C14H12N4O2/c1-10-3-2-4-11(7-10)12(19)9-18-14(20)17-6-5-15-8-13(17)16-18/h2-8H,9H2,1H3. The summed E-state index contributed by atoms with van der Waals surface area (Å²) >= 11 is 0. The van der Waals surface area contributed by atoms with Gasteiger partial charge in [-0.1, -0.05) is 23.8 Å². The first-order valence-electron chi connectivity index (χ1n) is 6.14. The molecular weight excluding hydrogens is 256 g/mol. The van der Waals surface area contributed by atoms with Crippen LogP contribution in [0.1, 0.15) is 15.9 Å². The van der Waals surface area contributed by atoms with E-state index < -0.39 is 0 Å². The quantitative estimate of drug-likeness (QED) is 0.667. The molecule has 0 radical (unpaired) electrons. The minimum Gasteiger partial charge on any atom is -0.292 e. The van der Waals surface area contributed by atoms with Crippen LogP contribution >= 0.6 is 0 Å². The molecule has 3 rings (SSSR count). The molecule has 0 aliphatic carbocycles. The molecule has 0 unspecified atom stereocenters. The van der Waals surface area contributed by atoms with Crippen LogP contribution < -0.4 is 5.69 Å². The van der Waals surface area contributed by atoms with Gasteiger partial charge in [-0.05, 0) is 13.0 Å². The van der Waals surface area contributed by atoms with Gasteiger partial charge < -0.3 is 0 Å². The molecule has 100 valence electrons. The van der Waals surface area contributed by atoms with Gasteiger partial charge in [-0.3, -0.25) is 9.78 Å². The highest BCUT2D eigenvalue weighted by molar-refractivity contribution is 5.96. The molecule has 6 nitrogen and oxygen atoms in total. The van der Waals surface area contributed by atoms with E-state index in [4.69, 9.17) is 0 Å². The maximum Gasteiger partial charge on any atom is 0.350 e. The van der Waals surface area contributed by atoms with E-state index in [0.29, 0.717) is 11.2 Å². The van der Waals surface area contributed by atoms with E-state index in [1.54, 1.807) is 12.1 Å². The number of aromatic nitrogens is 4. The molecule has 1 aromatic carbocycles. The fourth-order valence-electron chi connectivity index (χ4n) is 2.03. The summed E-state index contributed by atoms with van der Waals surface area (Å²) in [5.74, 6) is -0.146. The van der Waals surface area contributed by atoms with Crippen LogP contribution in [-0.4, -0.2) is 24.9 Å². The Bertz CT molecular complexity index is 848. The summed E-state index contributed by atoms with van der Waals surface area (Å²) in [5, 5.41) is 4.08. The Morgan fingerprint density at radius 1 is 1.35 bits per heavy atom. The molecule has 0 bridgehead atoms. The van der Waals surface area contributed by atoms with E-state index in [9.17, 15) is 9.59 Å². The van der Waals surface area contributed by atoms with Crippen LogP contribution in [0.25, 0.3) is 5.65 Å². The Kier molecular flexibility index (Phi) is 2.90. The van der Waals surface area contributed by atoms with Crippen LogP contribution in [0.2, 0.25) is 0 Å². The zero-order valence-corrected chi connectivity index (χ0v) is 10.9. The molecule has 6 heteroatoms. The lowest BCUT2D eigenvalue weighted by atomic mass is 10.1. The molecule has 0 saturated heterocycles. The van der Waals surface area contributed by atoms with Gasteiger partial charge in [0.1, 0.15) is 6.54 Å². The lowest BCUT2D eigenvalue weighted by Crippen LogP contribution is -2.25. The van der Waals surface area contributed by atoms with E-state index in [1.165, 1.54) is 23.0 Å². The number of fused-ring (bicyclic) bond motifs is 1. The monoisotopic (exact) mass is 268 g/mol. The summed E-state index contributed by atoms with van der Waals surface area (Å²) in [6.45, 7) is 1.84. The number of carbonyl (C=O) groups excluding carboxylic acids is 1. The van der Waals surface area contributed by atoms with Gasteiger partial charge in [-0.15, -0.1) is 5.10 Å². The number of hydrogen-bond acceptors (Lipinski definition) is 4. The van der Waals surface area contributed by atoms with E-state index in [2.05, 4.69) is 10.1 Å². The number of rotatable bonds is 3. The molecule has 0 aliphatic heterocycles. The number of ketones is 1. The second-order valence-electron chi connectivity index (χ2n) is 4.54. The molecule has 0 amide bonds. The third kappa shape index (κ3) is 2.11. The third-order valence-corrected chi connectivity index (χ3v) is 3.02. The van der Waals surface area contributed by atoms with Crippen molar-refractivity contribution in [2.45, 2.75) is 13.5 Å². The van der Waals surface area contributed by atoms with Crippen LogP contribution in [0.15, 0.2) is 47.7 Å². The summed E-state index contributed by atoms with van der Waals surface area (Å²) in [5.41, 5.74) is 1.66. The molecule has 0 spiro atoms. The molecule has 0 atom stereocenters. The van der Waals surface area contributed by atoms with Gasteiger partial charge in [-0.2, -0.15) is 0 Å². The van der Waals surface area contributed by atoms with Gasteiger partial charge in [0.2, 0.25) is 0 Å². The van der Waals surface area contributed by atoms with Crippen molar-refractivity contribution in [3.63, 3.8) is 0 Å². The predicted octanol–water partition coefficient (Wildman–Crippen LogP) is 1.08. The Morgan fingerprint density at radius 2 is 2.20 bits per heavy atom. The third-order valence-electron chi connectivity index (χ3n) is 3.02. The van der Waals surface area contributed by atoms with Crippen molar-refractivity contribution >= 4 is 11.4 Å². The van der Waals surface area contributed by atoms with Crippen molar-refractivity contribution < 1.29 is 4.79 Å². The first kappa shape index (κ1) is 12.3. The van der Waals surface area contributed by atoms with E-state index in [-0.39, 0.29) is 18.0 Å². The molecule has 3 aromatic rings. The van der Waals surface area contributed by atoms with Gasteiger partial charge in [0.25, 0.3) is 0 Å². The van der Waals surface area contributed by atoms with Gasteiger partial charge in [-0.25, -0.2) is 13.9 Å². The number of aryl methyl sites for hydroxylation is 1. The Hall–Kier alpha value is -2.76. The molecule has 0 fully saturated rings. The number of benzene rings is 1. The predicted molar refractivity (Wildman–Crippen MR) is 72.8 cm³/mol. The number of nitrogens with zero attached hydrogens (tertiary/aromatic N) is 4. The largest absolute Gasteiger partial charge is 0.350 e. The van der Waals surface area contributed by atoms with Crippen molar-refractivity contribution in [1.29, 1.82) is 0 Å². The summed E-state index contributed by atoms with van der Waals surface area (Å²) in [7, 11) is 0. The van der Waals surface area contributed by atoms with Crippen molar-refractivity contribution in [3.05, 3.63) is 64.5 Å². The molecule has 0 saturated carbocycles. The van der Waals surface area contributed by atoms with Crippen molar-refractivity contribution in [1.82, 2.24) is 19.2 Å². The highest BCUT2D eigenvalue weighted by Crippen LogP contribution is 2.05. The fraction of sp³-hybridized carbons (Fsp3) is 0.143. The highest BCUT2D eigenvalue weighted by atomic mass is 16.2.